The summed E-state index contributed by atoms with van der Waals surface area (Å²) < 4.78 is 4.53. The molecular weight excluding hydrogens is 128 g/mol. The van der Waals surface area contributed by atoms with Gasteiger partial charge >= 0.3 is 0 Å². The van der Waals surface area contributed by atoms with Gasteiger partial charge in [0, 0.05) is 6.08 Å². The summed E-state index contributed by atoms with van der Waals surface area (Å²) >= 11 is 5.35. The second-order valence-electron chi connectivity index (χ2n) is 1.28. The molecule has 1 radical (unpaired) electrons. The van der Waals surface area contributed by atoms with Gasteiger partial charge in [0.1, 0.15) is 0 Å². The molecule has 0 aromatic carbocycles. The summed E-state index contributed by atoms with van der Waals surface area (Å²) in [6.45, 7) is 0. The Labute approximate surface area is 52.0 Å². The molecule has 1 aliphatic rings. The normalized spacial score (nSPS) is 26.8. The van der Waals surface area contributed by atoms with Gasteiger partial charge in [-0.15, -0.1) is 0 Å². The summed E-state index contributed by atoms with van der Waals surface area (Å²) in [5, 5.41) is 8.86. The van der Waals surface area contributed by atoms with Gasteiger partial charge in [0.15, 0.2) is 0 Å². The van der Waals surface area contributed by atoms with Crippen molar-refractivity contribution in [3.8, 4) is 0 Å². The highest BCUT2D eigenvalue weighted by atomic mass is 35.5. The average molecular weight is 132 g/mol. The molecule has 0 amide bonds. The highest BCUT2D eigenvalue weighted by Crippen LogP contribution is 2.12. The molecule has 0 spiro atoms. The highest BCUT2D eigenvalue weighted by molar-refractivity contribution is 6.29. The van der Waals surface area contributed by atoms with Crippen molar-refractivity contribution in [3.63, 3.8) is 0 Å². The Balaban J connectivity index is 2.66. The zero-order chi connectivity index (χ0) is 5.98. The van der Waals surface area contributed by atoms with Gasteiger partial charge in [-0.1, -0.05) is 11.6 Å². The van der Waals surface area contributed by atoms with Crippen molar-refractivity contribution >= 4 is 11.6 Å². The monoisotopic (exact) mass is 131 g/mol. The van der Waals surface area contributed by atoms with Crippen LogP contribution in [0.25, 0.3) is 0 Å². The lowest BCUT2D eigenvalue weighted by Gasteiger charge is -2.09. The maximum Gasteiger partial charge on any atom is 0.234 e. The molecule has 0 bridgehead atoms. The Morgan fingerprint density at radius 2 is 2.62 bits per heavy atom. The zero-order valence-electron chi connectivity index (χ0n) is 3.97. The molecule has 0 aromatic rings. The third kappa shape index (κ3) is 1.02. The van der Waals surface area contributed by atoms with Crippen LogP contribution in [0.5, 0.6) is 0 Å². The molecule has 0 aromatic heterocycles. The Bertz CT molecular complexity index is 139. The summed E-state index contributed by atoms with van der Waals surface area (Å²) in [5.41, 5.74) is 0. The van der Waals surface area contributed by atoms with E-state index in [0.717, 1.165) is 0 Å². The minimum atomic E-state index is -1.01. The van der Waals surface area contributed by atoms with E-state index in [0.29, 0.717) is 0 Å². The Hall–Kier alpha value is -0.470. The number of halogens is 1. The van der Waals surface area contributed by atoms with Crippen molar-refractivity contribution in [3.05, 3.63) is 23.4 Å². The fourth-order valence-electron chi connectivity index (χ4n) is 0.358. The average Bonchev–Trinajstić information content (AvgIpc) is 1.77. The standard InChI is InChI=1S/C5H4ClO2/c6-4-2-1-3-8-5(4)7/h1,3,5,7H. The van der Waals surface area contributed by atoms with Crippen molar-refractivity contribution in [2.45, 2.75) is 6.29 Å². The van der Waals surface area contributed by atoms with Gasteiger partial charge in [0.2, 0.25) is 6.29 Å². The summed E-state index contributed by atoms with van der Waals surface area (Å²) in [4.78, 5) is 0. The molecule has 43 valence electrons. The lowest BCUT2D eigenvalue weighted by molar-refractivity contribution is -0.0177. The minimum Gasteiger partial charge on any atom is -0.467 e. The van der Waals surface area contributed by atoms with Crippen molar-refractivity contribution < 1.29 is 9.84 Å². The fourth-order valence-corrected chi connectivity index (χ4v) is 0.473. The molecule has 1 atom stereocenters. The molecule has 3 heteroatoms. The smallest absolute Gasteiger partial charge is 0.234 e. The first-order chi connectivity index (χ1) is 3.80. The Morgan fingerprint density at radius 3 is 3.00 bits per heavy atom. The van der Waals surface area contributed by atoms with Gasteiger partial charge in [0.25, 0.3) is 0 Å². The van der Waals surface area contributed by atoms with Crippen LogP contribution in [0.4, 0.5) is 0 Å². The van der Waals surface area contributed by atoms with Gasteiger partial charge in [-0.05, 0) is 6.08 Å². The molecule has 1 rings (SSSR count). The summed E-state index contributed by atoms with van der Waals surface area (Å²) in [7, 11) is 0. The maximum absolute atomic E-state index is 8.67. The second-order valence-corrected chi connectivity index (χ2v) is 1.69. The minimum absolute atomic E-state index is 0.188. The third-order valence-corrected chi connectivity index (χ3v) is 1.01. The first-order valence-corrected chi connectivity index (χ1v) is 2.46. The van der Waals surface area contributed by atoms with Gasteiger partial charge < -0.3 is 9.84 Å². The van der Waals surface area contributed by atoms with Crippen LogP contribution in [-0.2, 0) is 4.74 Å². The van der Waals surface area contributed by atoms with E-state index in [4.69, 9.17) is 16.7 Å². The molecule has 2 nitrogen and oxygen atoms in total. The maximum atomic E-state index is 8.67. The van der Waals surface area contributed by atoms with Crippen molar-refractivity contribution in [1.29, 1.82) is 0 Å². The van der Waals surface area contributed by atoms with Gasteiger partial charge in [-0.3, -0.25) is 0 Å². The van der Waals surface area contributed by atoms with Crippen molar-refractivity contribution in [1.82, 2.24) is 0 Å². The number of hydrogen-bond donors (Lipinski definition) is 1. The fraction of sp³-hybridized carbons (Fsp3) is 0.200. The molecule has 0 fully saturated rings. The van der Waals surface area contributed by atoms with Gasteiger partial charge in [-0.2, -0.15) is 0 Å². The van der Waals surface area contributed by atoms with E-state index in [2.05, 4.69) is 10.8 Å². The Kier molecular flexibility index (Phi) is 1.56. The molecule has 8 heavy (non-hydrogen) atoms. The van der Waals surface area contributed by atoms with Crippen LogP contribution in [-0.4, -0.2) is 11.4 Å². The van der Waals surface area contributed by atoms with E-state index in [9.17, 15) is 0 Å². The molecule has 0 saturated carbocycles. The number of allylic oxidation sites excluding steroid dienone is 2. The van der Waals surface area contributed by atoms with Crippen LogP contribution in [0.1, 0.15) is 0 Å². The second kappa shape index (κ2) is 2.20. The summed E-state index contributed by atoms with van der Waals surface area (Å²) in [6.07, 6.45) is 4.37. The number of hydrogen-bond acceptors (Lipinski definition) is 2. The highest BCUT2D eigenvalue weighted by Gasteiger charge is 2.08. The molecular formula is C5H4ClO2. The topological polar surface area (TPSA) is 29.5 Å². The van der Waals surface area contributed by atoms with E-state index >= 15 is 0 Å². The van der Waals surface area contributed by atoms with Crippen molar-refractivity contribution in [2.24, 2.45) is 0 Å². The molecule has 1 heterocycles. The van der Waals surface area contributed by atoms with Crippen LogP contribution in [0.2, 0.25) is 0 Å². The third-order valence-electron chi connectivity index (χ3n) is 0.714. The van der Waals surface area contributed by atoms with Crippen LogP contribution in [0.3, 0.4) is 0 Å². The van der Waals surface area contributed by atoms with Crippen LogP contribution < -0.4 is 0 Å². The number of aliphatic hydroxyl groups excluding tert-OH is 1. The van der Waals surface area contributed by atoms with E-state index in [1.807, 2.05) is 0 Å². The first kappa shape index (κ1) is 5.66. The van der Waals surface area contributed by atoms with Gasteiger partial charge in [-0.25, -0.2) is 0 Å². The molecule has 1 unspecified atom stereocenters. The molecule has 1 N–H and O–H groups in total. The molecule has 0 saturated heterocycles. The molecule has 0 aliphatic carbocycles. The lowest BCUT2D eigenvalue weighted by Crippen LogP contribution is -2.10. The lowest BCUT2D eigenvalue weighted by atomic mass is 10.4. The van der Waals surface area contributed by atoms with E-state index in [1.165, 1.54) is 12.3 Å². The zero-order valence-corrected chi connectivity index (χ0v) is 4.72. The number of ether oxygens (including phenoxy) is 1. The van der Waals surface area contributed by atoms with Gasteiger partial charge in [0.05, 0.1) is 11.3 Å². The first-order valence-electron chi connectivity index (χ1n) is 2.08. The van der Waals surface area contributed by atoms with E-state index in [1.54, 1.807) is 0 Å². The SMILES string of the molecule is OC1OC=C[C]=C1Cl. The van der Waals surface area contributed by atoms with Crippen LogP contribution in [0, 0.1) is 6.08 Å². The largest absolute Gasteiger partial charge is 0.467 e. The quantitative estimate of drug-likeness (QED) is 0.526. The predicted octanol–water partition coefficient (Wildman–Crippen LogP) is 0.775. The van der Waals surface area contributed by atoms with Crippen LogP contribution >= 0.6 is 11.6 Å². The molecule has 1 aliphatic heterocycles. The summed E-state index contributed by atoms with van der Waals surface area (Å²) in [6, 6.07) is 0. The Morgan fingerprint density at radius 1 is 1.88 bits per heavy atom. The predicted molar refractivity (Wildman–Crippen MR) is 28.8 cm³/mol. The van der Waals surface area contributed by atoms with Crippen LogP contribution in [0.15, 0.2) is 17.4 Å². The summed E-state index contributed by atoms with van der Waals surface area (Å²) in [5.74, 6) is 0. The van der Waals surface area contributed by atoms with Crippen molar-refractivity contribution in [2.75, 3.05) is 0 Å². The number of rotatable bonds is 0. The number of aliphatic hydroxyl groups is 1. The van der Waals surface area contributed by atoms with E-state index in [-0.39, 0.29) is 5.03 Å². The van der Waals surface area contributed by atoms with E-state index < -0.39 is 6.29 Å².